The summed E-state index contributed by atoms with van der Waals surface area (Å²) in [6.07, 6.45) is -0.635. The molecule has 0 saturated carbocycles. The molecule has 1 N–H and O–H groups in total. The maximum absolute atomic E-state index is 13.4. The highest BCUT2D eigenvalue weighted by Crippen LogP contribution is 2.24. The Bertz CT molecular complexity index is 463. The van der Waals surface area contributed by atoms with Gasteiger partial charge >= 0.3 is 6.09 Å². The van der Waals surface area contributed by atoms with E-state index in [0.717, 1.165) is 12.1 Å². The monoisotopic (exact) mass is 335 g/mol. The molecule has 0 fully saturated rings. The number of carbonyl (C=O) groups is 1. The highest BCUT2D eigenvalue weighted by molar-refractivity contribution is 9.10. The molecule has 3 nitrogen and oxygen atoms in total. The molecule has 1 aromatic carbocycles. The number of nitrogens with one attached hydrogen (secondary N) is 1. The van der Waals surface area contributed by atoms with Gasteiger partial charge in [0.1, 0.15) is 17.2 Å². The average molecular weight is 336 g/mol. The lowest BCUT2D eigenvalue weighted by Gasteiger charge is -2.22. The Morgan fingerprint density at radius 3 is 2.21 bits per heavy atom. The van der Waals surface area contributed by atoms with Crippen LogP contribution in [0.2, 0.25) is 0 Å². The Balaban J connectivity index is 2.79. The molecule has 0 unspecified atom stereocenters. The quantitative estimate of drug-likeness (QED) is 0.817. The van der Waals surface area contributed by atoms with Crippen LogP contribution in [0.3, 0.4) is 0 Å². The first-order valence-electron chi connectivity index (χ1n) is 5.74. The van der Waals surface area contributed by atoms with Gasteiger partial charge in [0.2, 0.25) is 0 Å². The third-order valence-electron chi connectivity index (χ3n) is 2.24. The number of hydrogen-bond donors (Lipinski definition) is 1. The third kappa shape index (κ3) is 4.78. The first-order valence-corrected chi connectivity index (χ1v) is 6.53. The van der Waals surface area contributed by atoms with Crippen molar-refractivity contribution < 1.29 is 18.3 Å². The second-order valence-corrected chi connectivity index (χ2v) is 5.96. The molecule has 0 saturated heterocycles. The SMILES string of the molecule is C[C@@H](NC(=O)OC(C)(C)C)c1cc(F)c(Br)c(F)c1. The lowest BCUT2D eigenvalue weighted by Crippen LogP contribution is -2.34. The number of halogens is 3. The van der Waals surface area contributed by atoms with Gasteiger partial charge in [0, 0.05) is 0 Å². The molecule has 1 amide bonds. The minimum absolute atomic E-state index is 0.222. The maximum atomic E-state index is 13.4. The lowest BCUT2D eigenvalue weighted by molar-refractivity contribution is 0.0507. The number of benzene rings is 1. The van der Waals surface area contributed by atoms with Crippen molar-refractivity contribution in [1.29, 1.82) is 0 Å². The van der Waals surface area contributed by atoms with Crippen molar-refractivity contribution >= 4 is 22.0 Å². The zero-order chi connectivity index (χ0) is 14.8. The Morgan fingerprint density at radius 1 is 1.32 bits per heavy atom. The zero-order valence-corrected chi connectivity index (χ0v) is 12.8. The van der Waals surface area contributed by atoms with E-state index in [4.69, 9.17) is 4.74 Å². The van der Waals surface area contributed by atoms with Crippen molar-refractivity contribution in [2.24, 2.45) is 0 Å². The summed E-state index contributed by atoms with van der Waals surface area (Å²) in [4.78, 5) is 11.5. The van der Waals surface area contributed by atoms with Crippen LogP contribution in [-0.4, -0.2) is 11.7 Å². The molecule has 0 bridgehead atoms. The fraction of sp³-hybridized carbons (Fsp3) is 0.462. The summed E-state index contributed by atoms with van der Waals surface area (Å²) in [6, 6.07) is 1.76. The number of hydrogen-bond acceptors (Lipinski definition) is 2. The summed E-state index contributed by atoms with van der Waals surface area (Å²) < 4.78 is 31.6. The number of ether oxygens (including phenoxy) is 1. The standard InChI is InChI=1S/C13H16BrF2NO2/c1-7(17-12(18)19-13(2,3)4)8-5-9(15)11(14)10(16)6-8/h5-7H,1-4H3,(H,17,18)/t7-/m1/s1. The van der Waals surface area contributed by atoms with E-state index in [2.05, 4.69) is 21.2 Å². The molecular formula is C13H16BrF2NO2. The zero-order valence-electron chi connectivity index (χ0n) is 11.2. The van der Waals surface area contributed by atoms with Gasteiger partial charge in [-0.1, -0.05) is 0 Å². The molecular weight excluding hydrogens is 320 g/mol. The van der Waals surface area contributed by atoms with Gasteiger partial charge in [-0.25, -0.2) is 13.6 Å². The van der Waals surface area contributed by atoms with Crippen LogP contribution >= 0.6 is 15.9 Å². The fourth-order valence-electron chi connectivity index (χ4n) is 1.39. The van der Waals surface area contributed by atoms with Gasteiger partial charge in [0.05, 0.1) is 10.5 Å². The molecule has 0 heterocycles. The predicted octanol–water partition coefficient (Wildman–Crippen LogP) is 4.31. The van der Waals surface area contributed by atoms with Crippen molar-refractivity contribution in [3.05, 3.63) is 33.8 Å². The minimum Gasteiger partial charge on any atom is -0.444 e. The predicted molar refractivity (Wildman–Crippen MR) is 71.8 cm³/mol. The van der Waals surface area contributed by atoms with Crippen LogP contribution in [0.25, 0.3) is 0 Å². The van der Waals surface area contributed by atoms with Crippen molar-refractivity contribution in [3.8, 4) is 0 Å². The van der Waals surface area contributed by atoms with E-state index in [1.54, 1.807) is 27.7 Å². The number of amides is 1. The van der Waals surface area contributed by atoms with E-state index in [0.29, 0.717) is 5.56 Å². The molecule has 19 heavy (non-hydrogen) atoms. The highest BCUT2D eigenvalue weighted by atomic mass is 79.9. The summed E-state index contributed by atoms with van der Waals surface area (Å²) in [6.45, 7) is 6.81. The average Bonchev–Trinajstić information content (AvgIpc) is 2.22. The van der Waals surface area contributed by atoms with Crippen LogP contribution in [0.1, 0.15) is 39.3 Å². The smallest absolute Gasteiger partial charge is 0.408 e. The van der Waals surface area contributed by atoms with Crippen LogP contribution in [0, 0.1) is 11.6 Å². The Morgan fingerprint density at radius 2 is 1.79 bits per heavy atom. The van der Waals surface area contributed by atoms with Crippen LogP contribution in [0.15, 0.2) is 16.6 Å². The summed E-state index contributed by atoms with van der Waals surface area (Å²) in [5, 5.41) is 2.52. The van der Waals surface area contributed by atoms with Gasteiger partial charge in [-0.05, 0) is 61.3 Å². The van der Waals surface area contributed by atoms with Gasteiger partial charge in [0.15, 0.2) is 0 Å². The van der Waals surface area contributed by atoms with Crippen molar-refractivity contribution in [1.82, 2.24) is 5.32 Å². The van der Waals surface area contributed by atoms with Crippen LogP contribution in [0.4, 0.5) is 13.6 Å². The number of rotatable bonds is 2. The van der Waals surface area contributed by atoms with Gasteiger partial charge in [-0.15, -0.1) is 0 Å². The molecule has 1 atom stereocenters. The number of alkyl carbamates (subject to hydrolysis) is 1. The minimum atomic E-state index is -0.715. The van der Waals surface area contributed by atoms with E-state index >= 15 is 0 Å². The van der Waals surface area contributed by atoms with E-state index in [1.165, 1.54) is 0 Å². The Kier molecular flexibility index (Phi) is 4.90. The third-order valence-corrected chi connectivity index (χ3v) is 3.00. The van der Waals surface area contributed by atoms with Crippen LogP contribution < -0.4 is 5.32 Å². The highest BCUT2D eigenvalue weighted by Gasteiger charge is 2.19. The second-order valence-electron chi connectivity index (χ2n) is 5.17. The summed E-state index contributed by atoms with van der Waals surface area (Å²) in [7, 11) is 0. The van der Waals surface area contributed by atoms with E-state index in [1.807, 2.05) is 0 Å². The molecule has 0 aliphatic carbocycles. The van der Waals surface area contributed by atoms with Crippen LogP contribution in [-0.2, 0) is 4.74 Å². The molecule has 0 radical (unpaired) electrons. The van der Waals surface area contributed by atoms with E-state index in [9.17, 15) is 13.6 Å². The molecule has 0 aliphatic rings. The van der Waals surface area contributed by atoms with Crippen molar-refractivity contribution in [2.45, 2.75) is 39.3 Å². The second kappa shape index (κ2) is 5.86. The number of carbonyl (C=O) groups excluding carboxylic acids is 1. The summed E-state index contributed by atoms with van der Waals surface area (Å²) in [5.74, 6) is -1.43. The van der Waals surface area contributed by atoms with Crippen LogP contribution in [0.5, 0.6) is 0 Å². The maximum Gasteiger partial charge on any atom is 0.408 e. The Labute approximate surface area is 119 Å². The van der Waals surface area contributed by atoms with Crippen molar-refractivity contribution in [3.63, 3.8) is 0 Å². The summed E-state index contributed by atoms with van der Waals surface area (Å²) in [5.41, 5.74) is -0.302. The van der Waals surface area contributed by atoms with Gasteiger partial charge in [-0.2, -0.15) is 0 Å². The summed E-state index contributed by atoms with van der Waals surface area (Å²) >= 11 is 2.79. The van der Waals surface area contributed by atoms with Gasteiger partial charge in [-0.3, -0.25) is 0 Å². The fourth-order valence-corrected chi connectivity index (χ4v) is 1.62. The van der Waals surface area contributed by atoms with E-state index in [-0.39, 0.29) is 4.47 Å². The topological polar surface area (TPSA) is 38.3 Å². The molecule has 1 rings (SSSR count). The lowest BCUT2D eigenvalue weighted by atomic mass is 10.1. The van der Waals surface area contributed by atoms with E-state index < -0.39 is 29.4 Å². The molecule has 0 aromatic heterocycles. The normalized spacial score (nSPS) is 13.0. The molecule has 0 aliphatic heterocycles. The van der Waals surface area contributed by atoms with Gasteiger partial charge < -0.3 is 10.1 Å². The molecule has 1 aromatic rings. The van der Waals surface area contributed by atoms with Gasteiger partial charge in [0.25, 0.3) is 0 Å². The molecule has 106 valence electrons. The first-order chi connectivity index (χ1) is 8.60. The first kappa shape index (κ1) is 15.9. The molecule has 6 heteroatoms. The van der Waals surface area contributed by atoms with Crippen molar-refractivity contribution in [2.75, 3.05) is 0 Å². The largest absolute Gasteiger partial charge is 0.444 e. The Hall–Kier alpha value is -1.17. The molecule has 0 spiro atoms.